The molecule has 2 aromatic rings. The Morgan fingerprint density at radius 1 is 0.714 bits per heavy atom. The number of aryl methyl sites for hydroxylation is 2. The summed E-state index contributed by atoms with van der Waals surface area (Å²) in [6.45, 7) is 12.5. The molecule has 4 nitrogen and oxygen atoms in total. The van der Waals surface area contributed by atoms with E-state index in [1.165, 1.54) is 0 Å². The van der Waals surface area contributed by atoms with Crippen LogP contribution in [0.3, 0.4) is 0 Å². The number of hydrogen-bond acceptors (Lipinski definition) is 4. The predicted octanol–water partition coefficient (Wildman–Crippen LogP) is 8.15. The zero-order valence-corrected chi connectivity index (χ0v) is 23.5. The molecule has 35 heavy (non-hydrogen) atoms. The van der Waals surface area contributed by atoms with Crippen molar-refractivity contribution in [3.05, 3.63) is 47.0 Å². The lowest BCUT2D eigenvalue weighted by molar-refractivity contribution is 0.108. The van der Waals surface area contributed by atoms with Crippen LogP contribution in [0.2, 0.25) is 0 Å². The number of hydrogen-bond donors (Lipinski definition) is 0. The van der Waals surface area contributed by atoms with Crippen molar-refractivity contribution in [2.45, 2.75) is 92.4 Å². The van der Waals surface area contributed by atoms with Gasteiger partial charge in [-0.2, -0.15) is 0 Å². The van der Waals surface area contributed by atoms with Gasteiger partial charge in [-0.15, -0.1) is 0 Å². The van der Waals surface area contributed by atoms with Gasteiger partial charge in [-0.25, -0.2) is 0 Å². The van der Waals surface area contributed by atoms with Crippen molar-refractivity contribution in [2.75, 3.05) is 19.8 Å². The SMILES string of the molecule is CCCCCOc1cc(OCCCCC)c(PC(=O)c2c(C)cccc2C)c(OCCCCC)c1. The van der Waals surface area contributed by atoms with Crippen molar-refractivity contribution in [1.82, 2.24) is 0 Å². The molecule has 0 aliphatic rings. The van der Waals surface area contributed by atoms with Crippen LogP contribution in [-0.4, -0.2) is 25.3 Å². The Balaban J connectivity index is 2.38. The van der Waals surface area contributed by atoms with Crippen LogP contribution >= 0.6 is 8.58 Å². The molecule has 0 saturated carbocycles. The molecule has 0 aliphatic heterocycles. The fraction of sp³-hybridized carbons (Fsp3) is 0.567. The van der Waals surface area contributed by atoms with Gasteiger partial charge in [-0.1, -0.05) is 77.5 Å². The topological polar surface area (TPSA) is 44.8 Å². The maximum Gasteiger partial charge on any atom is 0.186 e. The quantitative estimate of drug-likeness (QED) is 0.153. The summed E-state index contributed by atoms with van der Waals surface area (Å²) in [6.07, 6.45) is 9.79. The number of ether oxygens (including phenoxy) is 3. The maximum absolute atomic E-state index is 13.5. The number of carbonyl (C=O) groups excluding carboxylic acids is 1. The average Bonchev–Trinajstić information content (AvgIpc) is 2.84. The summed E-state index contributed by atoms with van der Waals surface area (Å²) in [7, 11) is -0.0753. The van der Waals surface area contributed by atoms with Crippen LogP contribution in [0.25, 0.3) is 0 Å². The molecule has 1 unspecified atom stereocenters. The van der Waals surface area contributed by atoms with Crippen molar-refractivity contribution in [2.24, 2.45) is 0 Å². The molecule has 2 rings (SSSR count). The third kappa shape index (κ3) is 9.84. The highest BCUT2D eigenvalue weighted by molar-refractivity contribution is 7.66. The number of unbranched alkanes of at least 4 members (excludes halogenated alkanes) is 6. The van der Waals surface area contributed by atoms with E-state index in [0.29, 0.717) is 19.8 Å². The smallest absolute Gasteiger partial charge is 0.186 e. The third-order valence-electron chi connectivity index (χ3n) is 6.01. The Morgan fingerprint density at radius 2 is 1.17 bits per heavy atom. The molecule has 194 valence electrons. The van der Waals surface area contributed by atoms with Crippen molar-refractivity contribution in [1.29, 1.82) is 0 Å². The first-order valence-electron chi connectivity index (χ1n) is 13.5. The van der Waals surface area contributed by atoms with Gasteiger partial charge in [0.2, 0.25) is 0 Å². The zero-order valence-electron chi connectivity index (χ0n) is 22.5. The first-order chi connectivity index (χ1) is 17.0. The van der Waals surface area contributed by atoms with E-state index in [-0.39, 0.29) is 14.1 Å². The van der Waals surface area contributed by atoms with E-state index in [0.717, 1.165) is 97.0 Å². The van der Waals surface area contributed by atoms with E-state index in [1.807, 2.05) is 44.2 Å². The second kappa shape index (κ2) is 16.6. The summed E-state index contributed by atoms with van der Waals surface area (Å²) >= 11 is 0. The van der Waals surface area contributed by atoms with E-state index in [1.54, 1.807) is 0 Å². The Bertz CT molecular complexity index is 856. The Kier molecular flexibility index (Phi) is 13.8. The lowest BCUT2D eigenvalue weighted by atomic mass is 10.0. The lowest BCUT2D eigenvalue weighted by Gasteiger charge is -2.19. The Hall–Kier alpha value is -2.06. The minimum Gasteiger partial charge on any atom is -0.493 e. The van der Waals surface area contributed by atoms with Crippen LogP contribution in [0.5, 0.6) is 17.2 Å². The van der Waals surface area contributed by atoms with E-state index in [4.69, 9.17) is 14.2 Å². The van der Waals surface area contributed by atoms with Gasteiger partial charge in [0, 0.05) is 17.7 Å². The molecule has 0 radical (unpaired) electrons. The Morgan fingerprint density at radius 3 is 1.63 bits per heavy atom. The second-order valence-corrected chi connectivity index (χ2v) is 10.4. The summed E-state index contributed by atoms with van der Waals surface area (Å²) in [5.41, 5.74) is 2.94. The summed E-state index contributed by atoms with van der Waals surface area (Å²) < 4.78 is 18.6. The van der Waals surface area contributed by atoms with E-state index < -0.39 is 0 Å². The molecule has 2 aromatic carbocycles. The fourth-order valence-corrected chi connectivity index (χ4v) is 5.24. The maximum atomic E-state index is 13.5. The molecule has 0 spiro atoms. The predicted molar refractivity (Wildman–Crippen MR) is 150 cm³/mol. The van der Waals surface area contributed by atoms with E-state index in [2.05, 4.69) is 20.8 Å². The van der Waals surface area contributed by atoms with Crippen molar-refractivity contribution < 1.29 is 19.0 Å². The van der Waals surface area contributed by atoms with Gasteiger partial charge < -0.3 is 14.2 Å². The molecule has 0 bridgehead atoms. The molecule has 0 aliphatic carbocycles. The first kappa shape index (κ1) is 29.2. The number of carbonyl (C=O) groups is 1. The second-order valence-electron chi connectivity index (χ2n) is 9.18. The summed E-state index contributed by atoms with van der Waals surface area (Å²) in [4.78, 5) is 13.5. The Labute approximate surface area is 214 Å². The lowest BCUT2D eigenvalue weighted by Crippen LogP contribution is -2.14. The van der Waals surface area contributed by atoms with Gasteiger partial charge in [-0.3, -0.25) is 4.79 Å². The number of benzene rings is 2. The minimum atomic E-state index is -0.0753. The average molecular weight is 501 g/mol. The molecule has 0 amide bonds. The molecule has 0 N–H and O–H groups in total. The molecule has 1 atom stereocenters. The standard InChI is InChI=1S/C30H45O4P/c1-6-9-12-18-32-25-21-26(33-19-13-10-7-2)29(27(22-25)34-20-14-11-8-3)35-30(31)28-23(4)16-15-17-24(28)5/h15-17,21-22,35H,6-14,18-20H2,1-5H3. The fourth-order valence-electron chi connectivity index (χ4n) is 3.96. The van der Waals surface area contributed by atoms with Crippen LogP contribution in [0.15, 0.2) is 30.3 Å². The van der Waals surface area contributed by atoms with Crippen molar-refractivity contribution in [3.8, 4) is 17.2 Å². The van der Waals surface area contributed by atoms with Crippen molar-refractivity contribution in [3.63, 3.8) is 0 Å². The monoisotopic (exact) mass is 500 g/mol. The molecule has 0 aromatic heterocycles. The van der Waals surface area contributed by atoms with E-state index >= 15 is 0 Å². The molecule has 0 saturated heterocycles. The normalized spacial score (nSPS) is 11.2. The highest BCUT2D eigenvalue weighted by atomic mass is 31.1. The van der Waals surface area contributed by atoms with Gasteiger partial charge in [-0.05, 0) is 52.8 Å². The van der Waals surface area contributed by atoms with Gasteiger partial charge in [0.25, 0.3) is 0 Å². The van der Waals surface area contributed by atoms with Crippen LogP contribution in [0.4, 0.5) is 0 Å². The van der Waals surface area contributed by atoms with E-state index in [9.17, 15) is 4.79 Å². The molecular weight excluding hydrogens is 455 g/mol. The number of rotatable bonds is 18. The highest BCUT2D eigenvalue weighted by Gasteiger charge is 2.21. The minimum absolute atomic E-state index is 0.0753. The van der Waals surface area contributed by atoms with Crippen LogP contribution in [-0.2, 0) is 0 Å². The molecule has 0 fully saturated rings. The zero-order chi connectivity index (χ0) is 25.5. The van der Waals surface area contributed by atoms with Gasteiger partial charge in [0.1, 0.15) is 17.2 Å². The van der Waals surface area contributed by atoms with Crippen LogP contribution < -0.4 is 19.5 Å². The largest absolute Gasteiger partial charge is 0.493 e. The molecular formula is C30H45O4P. The van der Waals surface area contributed by atoms with Gasteiger partial charge >= 0.3 is 0 Å². The molecule has 0 heterocycles. The van der Waals surface area contributed by atoms with Crippen LogP contribution in [0, 0.1) is 13.8 Å². The molecule has 5 heteroatoms. The summed E-state index contributed by atoms with van der Waals surface area (Å²) in [5, 5.41) is 0.853. The van der Waals surface area contributed by atoms with Gasteiger partial charge in [0.05, 0.1) is 25.1 Å². The third-order valence-corrected chi connectivity index (χ3v) is 7.23. The van der Waals surface area contributed by atoms with Crippen molar-refractivity contribution >= 4 is 19.4 Å². The highest BCUT2D eigenvalue weighted by Crippen LogP contribution is 2.36. The first-order valence-corrected chi connectivity index (χ1v) is 14.5. The summed E-state index contributed by atoms with van der Waals surface area (Å²) in [6, 6.07) is 9.92. The summed E-state index contributed by atoms with van der Waals surface area (Å²) in [5.74, 6) is 2.19. The van der Waals surface area contributed by atoms with Gasteiger partial charge in [0.15, 0.2) is 5.52 Å². The van der Waals surface area contributed by atoms with Crippen LogP contribution in [0.1, 0.15) is 100 Å².